The Morgan fingerprint density at radius 1 is 1.53 bits per heavy atom. The van der Waals surface area contributed by atoms with Crippen LogP contribution in [0, 0.1) is 5.82 Å². The minimum absolute atomic E-state index is 0.0182. The number of halogens is 1. The summed E-state index contributed by atoms with van der Waals surface area (Å²) in [6, 6.07) is 2.07. The van der Waals surface area contributed by atoms with Gasteiger partial charge < -0.3 is 20.3 Å². The van der Waals surface area contributed by atoms with Crippen molar-refractivity contribution >= 4 is 11.7 Å². The SMILES string of the molecule is Nc1cc(C(=O)O)c(F)cc1OCC1CCCCO1. The molecule has 104 valence electrons. The molecule has 19 heavy (non-hydrogen) atoms. The summed E-state index contributed by atoms with van der Waals surface area (Å²) in [6.45, 7) is 0.992. The normalized spacial score (nSPS) is 19.1. The van der Waals surface area contributed by atoms with Crippen molar-refractivity contribution in [2.24, 2.45) is 0 Å². The first-order valence-electron chi connectivity index (χ1n) is 6.14. The lowest BCUT2D eigenvalue weighted by Gasteiger charge is -2.23. The van der Waals surface area contributed by atoms with Gasteiger partial charge in [-0.3, -0.25) is 0 Å². The smallest absolute Gasteiger partial charge is 0.338 e. The molecule has 1 atom stereocenters. The summed E-state index contributed by atoms with van der Waals surface area (Å²) in [4.78, 5) is 10.7. The molecule has 0 aliphatic carbocycles. The first kappa shape index (κ1) is 13.6. The average molecular weight is 269 g/mol. The first-order valence-corrected chi connectivity index (χ1v) is 6.14. The number of carboxylic acid groups (broad SMARTS) is 1. The van der Waals surface area contributed by atoms with E-state index in [-0.39, 0.29) is 24.1 Å². The maximum atomic E-state index is 13.5. The zero-order valence-corrected chi connectivity index (χ0v) is 10.4. The third-order valence-corrected chi connectivity index (χ3v) is 3.03. The van der Waals surface area contributed by atoms with Gasteiger partial charge in [0.15, 0.2) is 0 Å². The van der Waals surface area contributed by atoms with Gasteiger partial charge in [0.2, 0.25) is 0 Å². The molecule has 1 heterocycles. The van der Waals surface area contributed by atoms with E-state index in [2.05, 4.69) is 0 Å². The molecule has 1 aromatic carbocycles. The highest BCUT2D eigenvalue weighted by atomic mass is 19.1. The van der Waals surface area contributed by atoms with E-state index < -0.39 is 17.3 Å². The van der Waals surface area contributed by atoms with Gasteiger partial charge in [0.1, 0.15) is 18.2 Å². The fourth-order valence-corrected chi connectivity index (χ4v) is 1.98. The number of carboxylic acids is 1. The Morgan fingerprint density at radius 2 is 2.32 bits per heavy atom. The number of carbonyl (C=O) groups is 1. The summed E-state index contributed by atoms with van der Waals surface area (Å²) >= 11 is 0. The molecule has 2 rings (SSSR count). The summed E-state index contributed by atoms with van der Waals surface area (Å²) < 4.78 is 24.4. The van der Waals surface area contributed by atoms with Crippen LogP contribution in [0.3, 0.4) is 0 Å². The number of rotatable bonds is 4. The van der Waals surface area contributed by atoms with E-state index in [1.54, 1.807) is 0 Å². The van der Waals surface area contributed by atoms with E-state index in [0.29, 0.717) is 6.61 Å². The van der Waals surface area contributed by atoms with Crippen molar-refractivity contribution in [3.05, 3.63) is 23.5 Å². The highest BCUT2D eigenvalue weighted by Crippen LogP contribution is 2.26. The molecule has 1 aliphatic heterocycles. The molecule has 0 saturated carbocycles. The van der Waals surface area contributed by atoms with Crippen LogP contribution >= 0.6 is 0 Å². The van der Waals surface area contributed by atoms with E-state index in [9.17, 15) is 9.18 Å². The van der Waals surface area contributed by atoms with Crippen molar-refractivity contribution in [2.45, 2.75) is 25.4 Å². The zero-order valence-electron chi connectivity index (χ0n) is 10.4. The fraction of sp³-hybridized carbons (Fsp3) is 0.462. The Bertz CT molecular complexity index is 472. The molecule has 5 nitrogen and oxygen atoms in total. The molecular formula is C13H16FNO4. The number of aromatic carboxylic acids is 1. The van der Waals surface area contributed by atoms with Gasteiger partial charge in [0.05, 0.1) is 17.4 Å². The van der Waals surface area contributed by atoms with Gasteiger partial charge in [-0.25, -0.2) is 9.18 Å². The summed E-state index contributed by atoms with van der Waals surface area (Å²) in [6.07, 6.45) is 3.00. The zero-order chi connectivity index (χ0) is 13.8. The number of nitrogen functional groups attached to an aromatic ring is 1. The Balaban J connectivity index is 2.04. The molecule has 0 spiro atoms. The Labute approximate surface area is 110 Å². The lowest BCUT2D eigenvalue weighted by atomic mass is 10.1. The summed E-state index contributed by atoms with van der Waals surface area (Å²) in [5, 5.41) is 8.76. The Kier molecular flexibility index (Phi) is 4.21. The van der Waals surface area contributed by atoms with Crippen LogP contribution < -0.4 is 10.5 Å². The molecule has 1 unspecified atom stereocenters. The molecule has 0 bridgehead atoms. The van der Waals surface area contributed by atoms with E-state index in [1.807, 2.05) is 0 Å². The van der Waals surface area contributed by atoms with Crippen LogP contribution in [0.25, 0.3) is 0 Å². The molecule has 1 fully saturated rings. The quantitative estimate of drug-likeness (QED) is 0.817. The van der Waals surface area contributed by atoms with Gasteiger partial charge in [-0.15, -0.1) is 0 Å². The number of benzene rings is 1. The number of nitrogens with two attached hydrogens (primary N) is 1. The van der Waals surface area contributed by atoms with E-state index in [0.717, 1.165) is 31.4 Å². The Morgan fingerprint density at radius 3 is 2.95 bits per heavy atom. The lowest BCUT2D eigenvalue weighted by molar-refractivity contribution is -0.0109. The van der Waals surface area contributed by atoms with Gasteiger partial charge >= 0.3 is 5.97 Å². The molecule has 0 amide bonds. The lowest BCUT2D eigenvalue weighted by Crippen LogP contribution is -2.26. The van der Waals surface area contributed by atoms with Crippen molar-refractivity contribution in [1.29, 1.82) is 0 Å². The molecule has 1 saturated heterocycles. The van der Waals surface area contributed by atoms with Gasteiger partial charge in [0, 0.05) is 12.7 Å². The van der Waals surface area contributed by atoms with E-state index in [1.165, 1.54) is 0 Å². The minimum Gasteiger partial charge on any atom is -0.489 e. The van der Waals surface area contributed by atoms with Crippen molar-refractivity contribution in [3.63, 3.8) is 0 Å². The first-order chi connectivity index (χ1) is 9.08. The van der Waals surface area contributed by atoms with Gasteiger partial charge in [-0.1, -0.05) is 0 Å². The van der Waals surface area contributed by atoms with Crippen LogP contribution in [-0.4, -0.2) is 30.4 Å². The van der Waals surface area contributed by atoms with Crippen LogP contribution in [-0.2, 0) is 4.74 Å². The predicted molar refractivity (Wildman–Crippen MR) is 66.9 cm³/mol. The van der Waals surface area contributed by atoms with Crippen molar-refractivity contribution in [3.8, 4) is 5.75 Å². The second-order valence-corrected chi connectivity index (χ2v) is 4.47. The maximum absolute atomic E-state index is 13.5. The topological polar surface area (TPSA) is 81.8 Å². The van der Waals surface area contributed by atoms with E-state index in [4.69, 9.17) is 20.3 Å². The van der Waals surface area contributed by atoms with E-state index >= 15 is 0 Å². The number of hydrogen-bond donors (Lipinski definition) is 2. The van der Waals surface area contributed by atoms with Crippen LogP contribution in [0.1, 0.15) is 29.6 Å². The maximum Gasteiger partial charge on any atom is 0.338 e. The number of ether oxygens (including phenoxy) is 2. The molecule has 0 radical (unpaired) electrons. The molecule has 1 aromatic rings. The second kappa shape index (κ2) is 5.88. The molecule has 6 heteroatoms. The monoisotopic (exact) mass is 269 g/mol. The molecule has 3 N–H and O–H groups in total. The largest absolute Gasteiger partial charge is 0.489 e. The standard InChI is InChI=1S/C13H16FNO4/c14-10-6-12(11(15)5-9(10)13(16)17)19-7-8-3-1-2-4-18-8/h5-6,8H,1-4,7,15H2,(H,16,17). The predicted octanol–water partition coefficient (Wildman–Crippen LogP) is 2.05. The number of anilines is 1. The molecule has 0 aromatic heterocycles. The van der Waals surface area contributed by atoms with Gasteiger partial charge in [-0.2, -0.15) is 0 Å². The molecule has 1 aliphatic rings. The van der Waals surface area contributed by atoms with Crippen LogP contribution in [0.2, 0.25) is 0 Å². The van der Waals surface area contributed by atoms with Crippen LogP contribution in [0.15, 0.2) is 12.1 Å². The second-order valence-electron chi connectivity index (χ2n) is 4.47. The van der Waals surface area contributed by atoms with Crippen LogP contribution in [0.5, 0.6) is 5.75 Å². The average Bonchev–Trinajstić information content (AvgIpc) is 2.40. The third kappa shape index (κ3) is 3.35. The molecular weight excluding hydrogens is 253 g/mol. The third-order valence-electron chi connectivity index (χ3n) is 3.03. The highest BCUT2D eigenvalue weighted by molar-refractivity contribution is 5.89. The minimum atomic E-state index is -1.36. The van der Waals surface area contributed by atoms with Gasteiger partial charge in [-0.05, 0) is 25.3 Å². The Hall–Kier alpha value is -1.82. The summed E-state index contributed by atoms with van der Waals surface area (Å²) in [7, 11) is 0. The highest BCUT2D eigenvalue weighted by Gasteiger charge is 2.17. The van der Waals surface area contributed by atoms with Crippen molar-refractivity contribution in [1.82, 2.24) is 0 Å². The number of hydrogen-bond acceptors (Lipinski definition) is 4. The van der Waals surface area contributed by atoms with Crippen LogP contribution in [0.4, 0.5) is 10.1 Å². The van der Waals surface area contributed by atoms with Crippen molar-refractivity contribution < 1.29 is 23.8 Å². The fourth-order valence-electron chi connectivity index (χ4n) is 1.98. The van der Waals surface area contributed by atoms with Crippen molar-refractivity contribution in [2.75, 3.05) is 18.9 Å². The summed E-state index contributed by atoms with van der Waals surface area (Å²) in [5.41, 5.74) is 5.29. The summed E-state index contributed by atoms with van der Waals surface area (Å²) in [5.74, 6) is -2.07. The van der Waals surface area contributed by atoms with Gasteiger partial charge in [0.25, 0.3) is 0 Å².